The van der Waals surface area contributed by atoms with Gasteiger partial charge in [-0.1, -0.05) is 35.4 Å². The molecule has 5 rings (SSSR count). The third-order valence-corrected chi connectivity index (χ3v) is 9.13. The van der Waals surface area contributed by atoms with Crippen LogP contribution in [0.2, 0.25) is 0 Å². The molecule has 0 saturated carbocycles. The van der Waals surface area contributed by atoms with Crippen molar-refractivity contribution in [1.82, 2.24) is 4.90 Å². The minimum Gasteiger partial charge on any atom is -0.342 e. The van der Waals surface area contributed by atoms with Crippen molar-refractivity contribution in [3.05, 3.63) is 83.9 Å². The van der Waals surface area contributed by atoms with E-state index in [1.54, 1.807) is 34.1 Å². The molecule has 2 N–H and O–H groups in total. The van der Waals surface area contributed by atoms with Crippen LogP contribution in [0.3, 0.4) is 0 Å². The van der Waals surface area contributed by atoms with E-state index in [0.29, 0.717) is 43.9 Å². The minimum atomic E-state index is -3.76. The number of sulfonamides is 1. The number of hydrogen-bond acceptors (Lipinski definition) is 5. The average Bonchev–Trinajstić information content (AvgIpc) is 3.36. The van der Waals surface area contributed by atoms with Gasteiger partial charge in [-0.3, -0.25) is 19.1 Å². The van der Waals surface area contributed by atoms with Gasteiger partial charge in [-0.2, -0.15) is 0 Å². The fraction of sp³-hybridized carbons (Fsp3) is 0.323. The van der Waals surface area contributed by atoms with Crippen LogP contribution in [0.4, 0.5) is 17.1 Å². The van der Waals surface area contributed by atoms with Crippen LogP contribution in [-0.2, 0) is 24.4 Å². The molecule has 3 aromatic carbocycles. The predicted octanol–water partition coefficient (Wildman–Crippen LogP) is 4.33. The molecule has 0 aliphatic carbocycles. The Kier molecular flexibility index (Phi) is 8.12. The normalized spacial score (nSPS) is 17.9. The van der Waals surface area contributed by atoms with Crippen LogP contribution >= 0.6 is 0 Å². The molecule has 0 spiro atoms. The first kappa shape index (κ1) is 28.4. The lowest BCUT2D eigenvalue weighted by atomic mass is 9.94. The highest BCUT2D eigenvalue weighted by Crippen LogP contribution is 2.29. The number of anilines is 3. The summed E-state index contributed by atoms with van der Waals surface area (Å²) in [6.45, 7) is 5.18. The number of nitrogens with zero attached hydrogens (tertiary/aromatic N) is 2. The minimum absolute atomic E-state index is 0.0390. The number of rotatable bonds is 7. The van der Waals surface area contributed by atoms with E-state index >= 15 is 0 Å². The zero-order chi connectivity index (χ0) is 29.1. The first-order chi connectivity index (χ1) is 19.6. The number of benzene rings is 3. The van der Waals surface area contributed by atoms with Crippen LogP contribution in [0, 0.1) is 25.7 Å². The molecule has 2 fully saturated rings. The number of carbonyl (C=O) groups excluding carboxylic acids is 3. The van der Waals surface area contributed by atoms with E-state index in [9.17, 15) is 22.8 Å². The molecule has 2 aliphatic rings. The van der Waals surface area contributed by atoms with E-state index in [2.05, 4.69) is 10.0 Å². The quantitative estimate of drug-likeness (QED) is 0.436. The zero-order valence-corrected chi connectivity index (χ0v) is 24.0. The lowest BCUT2D eigenvalue weighted by Gasteiger charge is -2.33. The largest absolute Gasteiger partial charge is 0.342 e. The smallest absolute Gasteiger partial charge is 0.261 e. The van der Waals surface area contributed by atoms with Crippen LogP contribution in [0.15, 0.2) is 77.7 Å². The highest BCUT2D eigenvalue weighted by molar-refractivity contribution is 7.92. The van der Waals surface area contributed by atoms with E-state index in [1.807, 2.05) is 50.2 Å². The molecular formula is C31H34N4O5S. The van der Waals surface area contributed by atoms with Gasteiger partial charge in [-0.25, -0.2) is 8.42 Å². The molecular weight excluding hydrogens is 540 g/mol. The summed E-state index contributed by atoms with van der Waals surface area (Å²) < 4.78 is 28.0. The molecule has 2 aliphatic heterocycles. The first-order valence-corrected chi connectivity index (χ1v) is 15.2. The van der Waals surface area contributed by atoms with E-state index in [-0.39, 0.29) is 40.9 Å². The van der Waals surface area contributed by atoms with Crippen molar-refractivity contribution in [1.29, 1.82) is 0 Å². The Morgan fingerprint density at radius 3 is 1.95 bits per heavy atom. The molecule has 2 heterocycles. The fourth-order valence-electron chi connectivity index (χ4n) is 5.26. The molecule has 10 heteroatoms. The number of amides is 3. The maximum Gasteiger partial charge on any atom is 0.261 e. The lowest BCUT2D eigenvalue weighted by Crippen LogP contribution is -2.44. The number of piperidine rings is 1. The maximum atomic E-state index is 13.2. The van der Waals surface area contributed by atoms with Crippen molar-refractivity contribution in [2.75, 3.05) is 34.6 Å². The third-order valence-electron chi connectivity index (χ3n) is 7.73. The van der Waals surface area contributed by atoms with Crippen molar-refractivity contribution in [3.63, 3.8) is 0 Å². The predicted molar refractivity (Wildman–Crippen MR) is 158 cm³/mol. The van der Waals surface area contributed by atoms with Crippen molar-refractivity contribution in [2.45, 2.75) is 38.0 Å². The SMILES string of the molecule is Cc1ccc(NS(=O)(=O)c2ccc(NC(=O)C3CCN(C(=O)C4CC(=O)N(c5ccc(C)cc5)C4)CC3)cc2)cc1. The van der Waals surface area contributed by atoms with Gasteiger partial charge in [0.15, 0.2) is 0 Å². The molecule has 2 saturated heterocycles. The summed E-state index contributed by atoms with van der Waals surface area (Å²) in [7, 11) is -3.76. The molecule has 1 atom stereocenters. The van der Waals surface area contributed by atoms with Gasteiger partial charge in [0.25, 0.3) is 10.0 Å². The Bertz CT molecular complexity index is 1530. The summed E-state index contributed by atoms with van der Waals surface area (Å²) in [6.07, 6.45) is 1.24. The number of hydrogen-bond donors (Lipinski definition) is 2. The Balaban J connectivity index is 1.11. The van der Waals surface area contributed by atoms with Gasteiger partial charge in [0, 0.05) is 49.0 Å². The highest BCUT2D eigenvalue weighted by atomic mass is 32.2. The van der Waals surface area contributed by atoms with Gasteiger partial charge in [0.1, 0.15) is 0 Å². The van der Waals surface area contributed by atoms with E-state index in [0.717, 1.165) is 16.8 Å². The fourth-order valence-corrected chi connectivity index (χ4v) is 6.32. The topological polar surface area (TPSA) is 116 Å². The highest BCUT2D eigenvalue weighted by Gasteiger charge is 2.38. The summed E-state index contributed by atoms with van der Waals surface area (Å²) in [5.74, 6) is -0.898. The van der Waals surface area contributed by atoms with E-state index in [1.165, 1.54) is 12.1 Å². The Morgan fingerprint density at radius 2 is 1.34 bits per heavy atom. The third kappa shape index (κ3) is 6.59. The molecule has 41 heavy (non-hydrogen) atoms. The molecule has 9 nitrogen and oxygen atoms in total. The summed E-state index contributed by atoms with van der Waals surface area (Å²) in [5.41, 5.74) is 3.92. The number of aryl methyl sites for hydroxylation is 2. The summed E-state index contributed by atoms with van der Waals surface area (Å²) in [5, 5.41) is 2.87. The van der Waals surface area contributed by atoms with Gasteiger partial charge in [0.2, 0.25) is 17.7 Å². The van der Waals surface area contributed by atoms with E-state index < -0.39 is 10.0 Å². The second kappa shape index (κ2) is 11.7. The Hall–Kier alpha value is -4.18. The van der Waals surface area contributed by atoms with E-state index in [4.69, 9.17) is 0 Å². The Labute approximate surface area is 240 Å². The Morgan fingerprint density at radius 1 is 0.780 bits per heavy atom. The molecule has 0 radical (unpaired) electrons. The van der Waals surface area contributed by atoms with Gasteiger partial charge >= 0.3 is 0 Å². The molecule has 0 aromatic heterocycles. The van der Waals surface area contributed by atoms with Crippen molar-refractivity contribution >= 4 is 44.8 Å². The van der Waals surface area contributed by atoms with Crippen LogP contribution in [0.25, 0.3) is 0 Å². The second-order valence-electron chi connectivity index (χ2n) is 10.8. The van der Waals surface area contributed by atoms with Gasteiger partial charge in [-0.05, 0) is 75.2 Å². The van der Waals surface area contributed by atoms with Crippen LogP contribution in [0.1, 0.15) is 30.4 Å². The monoisotopic (exact) mass is 574 g/mol. The lowest BCUT2D eigenvalue weighted by molar-refractivity contribution is -0.138. The van der Waals surface area contributed by atoms with Crippen molar-refractivity contribution < 1.29 is 22.8 Å². The summed E-state index contributed by atoms with van der Waals surface area (Å²) in [4.78, 5) is 42.2. The second-order valence-corrected chi connectivity index (χ2v) is 12.5. The average molecular weight is 575 g/mol. The molecule has 0 bridgehead atoms. The molecule has 214 valence electrons. The zero-order valence-electron chi connectivity index (χ0n) is 23.2. The molecule has 3 aromatic rings. The molecule has 3 amide bonds. The van der Waals surface area contributed by atoms with Gasteiger partial charge in [-0.15, -0.1) is 0 Å². The van der Waals surface area contributed by atoms with Crippen LogP contribution in [-0.4, -0.2) is 50.7 Å². The standard InChI is InChI=1S/C31H34N4O5S/c1-21-3-7-26(8-4-21)33-41(39,40)28-13-9-25(10-14-28)32-30(37)23-15-17-34(18-16-23)31(38)24-19-29(36)35(20-24)27-11-5-22(2)6-12-27/h3-14,23-24,33H,15-20H2,1-2H3,(H,32,37). The summed E-state index contributed by atoms with van der Waals surface area (Å²) >= 11 is 0. The van der Waals surface area contributed by atoms with Crippen LogP contribution in [0.5, 0.6) is 0 Å². The maximum absolute atomic E-state index is 13.2. The number of nitrogens with one attached hydrogen (secondary N) is 2. The van der Waals surface area contributed by atoms with Crippen LogP contribution < -0.4 is 14.9 Å². The van der Waals surface area contributed by atoms with Gasteiger partial charge in [0.05, 0.1) is 10.8 Å². The summed E-state index contributed by atoms with van der Waals surface area (Å²) in [6, 6.07) is 20.8. The molecule has 1 unspecified atom stereocenters. The number of likely N-dealkylation sites (tertiary alicyclic amines) is 1. The van der Waals surface area contributed by atoms with Crippen molar-refractivity contribution in [3.8, 4) is 0 Å². The van der Waals surface area contributed by atoms with Crippen molar-refractivity contribution in [2.24, 2.45) is 11.8 Å². The first-order valence-electron chi connectivity index (χ1n) is 13.8. The van der Waals surface area contributed by atoms with Gasteiger partial charge < -0.3 is 15.1 Å². The number of carbonyl (C=O) groups is 3.